The second-order valence-corrected chi connectivity index (χ2v) is 4.26. The third-order valence-electron chi connectivity index (χ3n) is 2.88. The highest BCUT2D eigenvalue weighted by Gasteiger charge is 2.41. The summed E-state index contributed by atoms with van der Waals surface area (Å²) in [5.74, 6) is -0.104. The number of hydrogen-bond donors (Lipinski definition) is 1. The van der Waals surface area contributed by atoms with Crippen molar-refractivity contribution in [1.82, 2.24) is 5.06 Å². The van der Waals surface area contributed by atoms with Crippen molar-refractivity contribution in [3.05, 3.63) is 12.7 Å². The van der Waals surface area contributed by atoms with E-state index in [-0.39, 0.29) is 18.9 Å². The van der Waals surface area contributed by atoms with Crippen LogP contribution >= 0.6 is 0 Å². The highest BCUT2D eigenvalue weighted by Crippen LogP contribution is 2.37. The van der Waals surface area contributed by atoms with Crippen LogP contribution in [0.5, 0.6) is 0 Å². The van der Waals surface area contributed by atoms with Crippen molar-refractivity contribution in [2.45, 2.75) is 38.0 Å². The molecule has 1 unspecified atom stereocenters. The maximum atomic E-state index is 11.3. The highest BCUT2D eigenvalue weighted by atomic mass is 16.8. The maximum absolute atomic E-state index is 11.3. The van der Waals surface area contributed by atoms with E-state index in [0.29, 0.717) is 11.0 Å². The molecular formula is C11H15NO5. The summed E-state index contributed by atoms with van der Waals surface area (Å²) in [5.41, 5.74) is 0. The molecule has 0 aromatic carbocycles. The minimum atomic E-state index is -1.06. The number of nitrogens with zero attached hydrogens (tertiary/aromatic N) is 1. The summed E-state index contributed by atoms with van der Waals surface area (Å²) in [5, 5.41) is 10.0. The molecule has 0 radical (unpaired) electrons. The molecular weight excluding hydrogens is 226 g/mol. The van der Waals surface area contributed by atoms with Gasteiger partial charge in [-0.05, 0) is 12.8 Å². The Balaban J connectivity index is 1.74. The Labute approximate surface area is 98.7 Å². The van der Waals surface area contributed by atoms with Crippen molar-refractivity contribution >= 4 is 12.1 Å². The number of carbonyl (C=O) groups excluding carboxylic acids is 2. The Bertz CT molecular complexity index is 343. The lowest BCUT2D eigenvalue weighted by Gasteiger charge is -2.17. The molecule has 6 nitrogen and oxygen atoms in total. The van der Waals surface area contributed by atoms with E-state index in [1.165, 1.54) is 0 Å². The maximum Gasteiger partial charge on any atom is 0.533 e. The summed E-state index contributed by atoms with van der Waals surface area (Å²) in [6.45, 7) is 3.60. The Kier molecular flexibility index (Phi) is 3.33. The molecule has 1 heterocycles. The van der Waals surface area contributed by atoms with Gasteiger partial charge in [0.25, 0.3) is 5.91 Å². The first kappa shape index (κ1) is 11.9. The second kappa shape index (κ2) is 4.75. The van der Waals surface area contributed by atoms with Gasteiger partial charge >= 0.3 is 6.16 Å². The van der Waals surface area contributed by atoms with Gasteiger partial charge in [0.1, 0.15) is 6.10 Å². The number of hydrogen-bond acceptors (Lipinski definition) is 5. The quantitative estimate of drug-likeness (QED) is 0.586. The summed E-state index contributed by atoms with van der Waals surface area (Å²) in [6.07, 6.45) is 1.66. The highest BCUT2D eigenvalue weighted by molar-refractivity contribution is 5.78. The Morgan fingerprint density at radius 3 is 3.00 bits per heavy atom. The average molecular weight is 241 g/mol. The van der Waals surface area contributed by atoms with Crippen LogP contribution in [0.4, 0.5) is 4.79 Å². The van der Waals surface area contributed by atoms with Gasteiger partial charge in [0.15, 0.2) is 6.23 Å². The number of aliphatic hydroxyl groups is 1. The standard InChI is InChI=1S/C11H15NO5/c1-2-3-7-6-8(7)16-11(15)17-12-9(13)4-5-10(12)14/h2,7-9,13H,1,3-6H2/t7-,8-,9?/m1/s1. The van der Waals surface area contributed by atoms with E-state index in [0.717, 1.165) is 12.8 Å². The predicted octanol–water partition coefficient (Wildman–Crippen LogP) is 0.960. The zero-order valence-corrected chi connectivity index (χ0v) is 9.37. The van der Waals surface area contributed by atoms with Crippen molar-refractivity contribution in [2.75, 3.05) is 0 Å². The summed E-state index contributed by atoms with van der Waals surface area (Å²) >= 11 is 0. The van der Waals surface area contributed by atoms with Crippen LogP contribution in [0, 0.1) is 5.92 Å². The molecule has 17 heavy (non-hydrogen) atoms. The normalized spacial score (nSPS) is 31.2. The van der Waals surface area contributed by atoms with Gasteiger partial charge < -0.3 is 14.7 Å². The SMILES string of the molecule is C=CC[C@@H]1C[C@H]1OC(=O)ON1C(=O)CCC1O. The zero-order chi connectivity index (χ0) is 12.4. The molecule has 1 saturated carbocycles. The molecule has 3 atom stereocenters. The molecule has 2 rings (SSSR count). The summed E-state index contributed by atoms with van der Waals surface area (Å²) < 4.78 is 4.97. The van der Waals surface area contributed by atoms with Crippen molar-refractivity contribution < 1.29 is 24.3 Å². The van der Waals surface area contributed by atoms with Crippen molar-refractivity contribution in [2.24, 2.45) is 5.92 Å². The molecule has 0 spiro atoms. The molecule has 6 heteroatoms. The number of amides is 1. The molecule has 1 aliphatic carbocycles. The van der Waals surface area contributed by atoms with Gasteiger partial charge in [0.2, 0.25) is 0 Å². The van der Waals surface area contributed by atoms with Crippen LogP contribution in [0.25, 0.3) is 0 Å². The lowest BCUT2D eigenvalue weighted by molar-refractivity contribution is -0.200. The first-order valence-corrected chi connectivity index (χ1v) is 5.61. The monoisotopic (exact) mass is 241 g/mol. The summed E-state index contributed by atoms with van der Waals surface area (Å²) in [7, 11) is 0. The van der Waals surface area contributed by atoms with E-state index in [2.05, 4.69) is 11.4 Å². The van der Waals surface area contributed by atoms with E-state index in [9.17, 15) is 14.7 Å². The van der Waals surface area contributed by atoms with E-state index in [4.69, 9.17) is 4.74 Å². The van der Waals surface area contributed by atoms with Gasteiger partial charge in [-0.3, -0.25) is 4.79 Å². The van der Waals surface area contributed by atoms with Crippen LogP contribution in [0.15, 0.2) is 12.7 Å². The fourth-order valence-electron chi connectivity index (χ4n) is 1.81. The number of ether oxygens (including phenoxy) is 1. The number of carbonyl (C=O) groups is 2. The Morgan fingerprint density at radius 1 is 1.65 bits per heavy atom. The van der Waals surface area contributed by atoms with Crippen LogP contribution in [0.3, 0.4) is 0 Å². The fourth-order valence-corrected chi connectivity index (χ4v) is 1.81. The van der Waals surface area contributed by atoms with Gasteiger partial charge in [-0.2, -0.15) is 0 Å². The third-order valence-corrected chi connectivity index (χ3v) is 2.88. The number of rotatable bonds is 4. The van der Waals surface area contributed by atoms with Crippen LogP contribution in [-0.2, 0) is 14.4 Å². The van der Waals surface area contributed by atoms with Gasteiger partial charge in [-0.15, -0.1) is 11.6 Å². The third kappa shape index (κ3) is 2.76. The van der Waals surface area contributed by atoms with Crippen molar-refractivity contribution in [1.29, 1.82) is 0 Å². The predicted molar refractivity (Wildman–Crippen MR) is 56.4 cm³/mol. The number of aliphatic hydroxyl groups excluding tert-OH is 1. The molecule has 0 aromatic heterocycles. The van der Waals surface area contributed by atoms with E-state index < -0.39 is 18.3 Å². The molecule has 1 N–H and O–H groups in total. The van der Waals surface area contributed by atoms with Crippen LogP contribution in [-0.4, -0.2) is 34.6 Å². The van der Waals surface area contributed by atoms with Crippen LogP contribution in [0.2, 0.25) is 0 Å². The number of allylic oxidation sites excluding steroid dienone is 1. The minimum Gasteiger partial charge on any atom is -0.429 e. The fraction of sp³-hybridized carbons (Fsp3) is 0.636. The first-order chi connectivity index (χ1) is 8.11. The van der Waals surface area contributed by atoms with Gasteiger partial charge in [-0.1, -0.05) is 6.08 Å². The van der Waals surface area contributed by atoms with Crippen LogP contribution in [0.1, 0.15) is 25.7 Å². The van der Waals surface area contributed by atoms with Gasteiger partial charge in [-0.25, -0.2) is 4.79 Å². The van der Waals surface area contributed by atoms with E-state index in [1.807, 2.05) is 0 Å². The molecule has 1 saturated heterocycles. The molecule has 0 aromatic rings. The molecule has 94 valence electrons. The largest absolute Gasteiger partial charge is 0.533 e. The molecule has 1 aliphatic heterocycles. The summed E-state index contributed by atoms with van der Waals surface area (Å²) in [4.78, 5) is 27.2. The average Bonchev–Trinajstić information content (AvgIpc) is 2.93. The lowest BCUT2D eigenvalue weighted by Crippen LogP contribution is -2.35. The second-order valence-electron chi connectivity index (χ2n) is 4.26. The van der Waals surface area contributed by atoms with Gasteiger partial charge in [0.05, 0.1) is 0 Å². The minimum absolute atomic E-state index is 0.157. The van der Waals surface area contributed by atoms with Crippen LogP contribution < -0.4 is 0 Å². The van der Waals surface area contributed by atoms with E-state index >= 15 is 0 Å². The number of hydroxylamine groups is 2. The Morgan fingerprint density at radius 2 is 2.41 bits per heavy atom. The molecule has 1 amide bonds. The lowest BCUT2D eigenvalue weighted by atomic mass is 10.3. The smallest absolute Gasteiger partial charge is 0.429 e. The summed E-state index contributed by atoms with van der Waals surface area (Å²) in [6, 6.07) is 0. The topological polar surface area (TPSA) is 76.1 Å². The zero-order valence-electron chi connectivity index (χ0n) is 9.37. The Hall–Kier alpha value is -1.56. The van der Waals surface area contributed by atoms with Gasteiger partial charge in [0, 0.05) is 18.8 Å². The van der Waals surface area contributed by atoms with Crippen molar-refractivity contribution in [3.8, 4) is 0 Å². The van der Waals surface area contributed by atoms with Crippen molar-refractivity contribution in [3.63, 3.8) is 0 Å². The molecule has 2 aliphatic rings. The first-order valence-electron chi connectivity index (χ1n) is 5.61. The molecule has 0 bridgehead atoms. The molecule has 2 fully saturated rings. The van der Waals surface area contributed by atoms with E-state index in [1.54, 1.807) is 6.08 Å².